The van der Waals surface area contributed by atoms with Crippen molar-refractivity contribution < 1.29 is 14.6 Å². The van der Waals surface area contributed by atoms with Gasteiger partial charge in [-0.2, -0.15) is 0 Å². The average Bonchev–Trinajstić information content (AvgIpc) is 2.28. The van der Waals surface area contributed by atoms with E-state index in [4.69, 9.17) is 4.74 Å². The van der Waals surface area contributed by atoms with E-state index in [1.54, 1.807) is 13.0 Å². The lowest BCUT2D eigenvalue weighted by atomic mass is 10.0. The van der Waals surface area contributed by atoms with Crippen LogP contribution in [0.25, 0.3) is 0 Å². The summed E-state index contributed by atoms with van der Waals surface area (Å²) in [6, 6.07) is 5.46. The SMILES string of the molecule is CCOC(=O)CCc1ccc(O)c(CC)c1. The lowest BCUT2D eigenvalue weighted by molar-refractivity contribution is -0.143. The molecular weight excluding hydrogens is 204 g/mol. The molecule has 3 nitrogen and oxygen atoms in total. The van der Waals surface area contributed by atoms with Crippen molar-refractivity contribution in [3.63, 3.8) is 0 Å². The second-order valence-electron chi connectivity index (χ2n) is 3.62. The second kappa shape index (κ2) is 6.16. The van der Waals surface area contributed by atoms with Crippen LogP contribution in [0.4, 0.5) is 0 Å². The molecule has 1 aromatic carbocycles. The number of hydrogen-bond donors (Lipinski definition) is 1. The third-order valence-electron chi connectivity index (χ3n) is 2.45. The van der Waals surface area contributed by atoms with Crippen LogP contribution in [0.3, 0.4) is 0 Å². The molecule has 0 amide bonds. The third kappa shape index (κ3) is 3.57. The highest BCUT2D eigenvalue weighted by Gasteiger charge is 2.05. The summed E-state index contributed by atoms with van der Waals surface area (Å²) in [6.45, 7) is 4.21. The minimum absolute atomic E-state index is 0.173. The molecule has 0 bridgehead atoms. The van der Waals surface area contributed by atoms with Gasteiger partial charge in [0.25, 0.3) is 0 Å². The predicted octanol–water partition coefficient (Wildman–Crippen LogP) is 2.45. The minimum atomic E-state index is -0.173. The number of benzene rings is 1. The minimum Gasteiger partial charge on any atom is -0.508 e. The number of aromatic hydroxyl groups is 1. The van der Waals surface area contributed by atoms with Crippen LogP contribution in [0.5, 0.6) is 5.75 Å². The number of aryl methyl sites for hydroxylation is 2. The number of esters is 1. The van der Waals surface area contributed by atoms with Crippen molar-refractivity contribution in [3.05, 3.63) is 29.3 Å². The topological polar surface area (TPSA) is 46.5 Å². The van der Waals surface area contributed by atoms with Crippen molar-refractivity contribution in [1.29, 1.82) is 0 Å². The normalized spacial score (nSPS) is 10.1. The standard InChI is InChI=1S/C13H18O3/c1-3-11-9-10(5-7-12(11)14)6-8-13(15)16-4-2/h5,7,9,14H,3-4,6,8H2,1-2H3. The molecule has 0 spiro atoms. The van der Waals surface area contributed by atoms with Gasteiger partial charge >= 0.3 is 5.97 Å². The van der Waals surface area contributed by atoms with Crippen LogP contribution >= 0.6 is 0 Å². The smallest absolute Gasteiger partial charge is 0.306 e. The Bertz CT molecular complexity index is 358. The molecular formula is C13H18O3. The first-order valence-electron chi connectivity index (χ1n) is 5.63. The van der Waals surface area contributed by atoms with E-state index in [1.165, 1.54) is 0 Å². The van der Waals surface area contributed by atoms with Gasteiger partial charge in [-0.15, -0.1) is 0 Å². The lowest BCUT2D eigenvalue weighted by Crippen LogP contribution is -2.05. The van der Waals surface area contributed by atoms with Crippen LogP contribution in [-0.4, -0.2) is 17.7 Å². The van der Waals surface area contributed by atoms with Gasteiger partial charge in [0.15, 0.2) is 0 Å². The molecule has 0 aliphatic heterocycles. The number of carbonyl (C=O) groups is 1. The number of carbonyl (C=O) groups excluding carboxylic acids is 1. The molecule has 0 aromatic heterocycles. The number of phenols is 1. The molecule has 3 heteroatoms. The Morgan fingerprint density at radius 1 is 1.38 bits per heavy atom. The Kier molecular flexibility index (Phi) is 4.83. The van der Waals surface area contributed by atoms with Crippen LogP contribution < -0.4 is 0 Å². The van der Waals surface area contributed by atoms with Gasteiger partial charge in [0.1, 0.15) is 5.75 Å². The highest BCUT2D eigenvalue weighted by atomic mass is 16.5. The Labute approximate surface area is 96.1 Å². The van der Waals surface area contributed by atoms with Crippen LogP contribution in [0.1, 0.15) is 31.4 Å². The van der Waals surface area contributed by atoms with Gasteiger partial charge in [-0.05, 0) is 37.0 Å². The van der Waals surface area contributed by atoms with Crippen molar-refractivity contribution in [3.8, 4) is 5.75 Å². The third-order valence-corrected chi connectivity index (χ3v) is 2.45. The van der Waals surface area contributed by atoms with Gasteiger partial charge in [-0.25, -0.2) is 0 Å². The summed E-state index contributed by atoms with van der Waals surface area (Å²) < 4.78 is 4.86. The van der Waals surface area contributed by atoms with Crippen LogP contribution in [0.2, 0.25) is 0 Å². The van der Waals surface area contributed by atoms with Crippen LogP contribution in [-0.2, 0) is 22.4 Å². The molecule has 0 saturated heterocycles. The van der Waals surface area contributed by atoms with E-state index >= 15 is 0 Å². The van der Waals surface area contributed by atoms with Crippen molar-refractivity contribution in [2.75, 3.05) is 6.61 Å². The van der Waals surface area contributed by atoms with Gasteiger partial charge in [0.05, 0.1) is 6.61 Å². The molecule has 0 fully saturated rings. The predicted molar refractivity (Wildman–Crippen MR) is 62.4 cm³/mol. The maximum absolute atomic E-state index is 11.2. The Hall–Kier alpha value is -1.51. The van der Waals surface area contributed by atoms with Crippen LogP contribution in [0.15, 0.2) is 18.2 Å². The summed E-state index contributed by atoms with van der Waals surface area (Å²) in [5.41, 5.74) is 1.98. The molecule has 1 aromatic rings. The lowest BCUT2D eigenvalue weighted by Gasteiger charge is -2.06. The number of ether oxygens (including phenoxy) is 1. The fraction of sp³-hybridized carbons (Fsp3) is 0.462. The van der Waals surface area contributed by atoms with Gasteiger partial charge in [0.2, 0.25) is 0 Å². The Morgan fingerprint density at radius 2 is 2.12 bits per heavy atom. The van der Waals surface area contributed by atoms with Crippen molar-refractivity contribution in [1.82, 2.24) is 0 Å². The van der Waals surface area contributed by atoms with E-state index in [0.717, 1.165) is 17.5 Å². The summed E-state index contributed by atoms with van der Waals surface area (Å²) in [6.07, 6.45) is 1.84. The molecule has 1 rings (SSSR count). The molecule has 0 aliphatic carbocycles. The fourth-order valence-electron chi connectivity index (χ4n) is 1.56. The first-order chi connectivity index (χ1) is 7.67. The van der Waals surface area contributed by atoms with E-state index in [1.807, 2.05) is 19.1 Å². The van der Waals surface area contributed by atoms with Gasteiger partial charge < -0.3 is 9.84 Å². The van der Waals surface area contributed by atoms with Crippen molar-refractivity contribution in [2.24, 2.45) is 0 Å². The highest BCUT2D eigenvalue weighted by molar-refractivity contribution is 5.69. The Morgan fingerprint density at radius 3 is 2.75 bits per heavy atom. The highest BCUT2D eigenvalue weighted by Crippen LogP contribution is 2.19. The van der Waals surface area contributed by atoms with E-state index in [0.29, 0.717) is 25.2 Å². The first kappa shape index (κ1) is 12.6. The van der Waals surface area contributed by atoms with E-state index in [9.17, 15) is 9.90 Å². The van der Waals surface area contributed by atoms with E-state index in [-0.39, 0.29) is 5.97 Å². The van der Waals surface area contributed by atoms with Gasteiger partial charge in [-0.1, -0.05) is 19.1 Å². The quantitative estimate of drug-likeness (QED) is 0.778. The molecule has 16 heavy (non-hydrogen) atoms. The summed E-state index contributed by atoms with van der Waals surface area (Å²) in [4.78, 5) is 11.2. The average molecular weight is 222 g/mol. The maximum Gasteiger partial charge on any atom is 0.306 e. The fourth-order valence-corrected chi connectivity index (χ4v) is 1.56. The first-order valence-corrected chi connectivity index (χ1v) is 5.63. The molecule has 0 atom stereocenters. The molecule has 1 N–H and O–H groups in total. The largest absolute Gasteiger partial charge is 0.508 e. The number of hydrogen-bond acceptors (Lipinski definition) is 3. The zero-order valence-corrected chi connectivity index (χ0v) is 9.82. The zero-order chi connectivity index (χ0) is 12.0. The molecule has 0 saturated carbocycles. The van der Waals surface area contributed by atoms with Crippen molar-refractivity contribution in [2.45, 2.75) is 33.1 Å². The van der Waals surface area contributed by atoms with Gasteiger partial charge in [0, 0.05) is 6.42 Å². The summed E-state index contributed by atoms with van der Waals surface area (Å²) >= 11 is 0. The second-order valence-corrected chi connectivity index (χ2v) is 3.62. The molecule has 0 unspecified atom stereocenters. The molecule has 88 valence electrons. The molecule has 0 aliphatic rings. The Balaban J connectivity index is 2.57. The maximum atomic E-state index is 11.2. The van der Waals surface area contributed by atoms with Crippen LogP contribution in [0, 0.1) is 0 Å². The summed E-state index contributed by atoms with van der Waals surface area (Å²) in [7, 11) is 0. The molecule has 0 heterocycles. The van der Waals surface area contributed by atoms with E-state index < -0.39 is 0 Å². The zero-order valence-electron chi connectivity index (χ0n) is 9.82. The summed E-state index contributed by atoms with van der Waals surface area (Å²) in [5.74, 6) is 0.149. The van der Waals surface area contributed by atoms with E-state index in [2.05, 4.69) is 0 Å². The monoisotopic (exact) mass is 222 g/mol. The summed E-state index contributed by atoms with van der Waals surface area (Å²) in [5, 5.41) is 9.50. The van der Waals surface area contributed by atoms with Gasteiger partial charge in [-0.3, -0.25) is 4.79 Å². The molecule has 0 radical (unpaired) electrons. The van der Waals surface area contributed by atoms with Crippen molar-refractivity contribution >= 4 is 5.97 Å². The number of phenolic OH excluding ortho intramolecular Hbond substituents is 1. The number of rotatable bonds is 5.